The fraction of sp³-hybridized carbons (Fsp3) is 0.731. The molecule has 0 amide bonds. The van der Waals surface area contributed by atoms with Gasteiger partial charge in [0.25, 0.3) is 0 Å². The summed E-state index contributed by atoms with van der Waals surface area (Å²) in [6, 6.07) is 4.22. The maximum absolute atomic E-state index is 11.8. The minimum Gasteiger partial charge on any atom is -0.502 e. The number of rotatable bonds is 20. The molecule has 0 fully saturated rings. The topological polar surface area (TPSA) is 89.7 Å². The third-order valence-electron chi connectivity index (χ3n) is 5.87. The van der Waals surface area contributed by atoms with E-state index < -0.39 is 4.92 Å². The SMILES string of the molecule is CCCCCCCCCCCCCCCCCC(=O)OCCc1ccc(O)c([N+](=O)[O-])c1. The van der Waals surface area contributed by atoms with E-state index in [0.29, 0.717) is 18.4 Å². The molecule has 0 aromatic heterocycles. The first-order chi connectivity index (χ1) is 15.5. The van der Waals surface area contributed by atoms with E-state index >= 15 is 0 Å². The summed E-state index contributed by atoms with van der Waals surface area (Å²) in [6.07, 6.45) is 20.2. The number of phenols is 1. The molecule has 1 aromatic rings. The fourth-order valence-electron chi connectivity index (χ4n) is 3.87. The highest BCUT2D eigenvalue weighted by atomic mass is 16.6. The summed E-state index contributed by atoms with van der Waals surface area (Å²) in [6.45, 7) is 2.45. The minimum absolute atomic E-state index is 0.194. The van der Waals surface area contributed by atoms with Gasteiger partial charge in [0.2, 0.25) is 0 Å². The predicted octanol–water partition coefficient (Wildman–Crippen LogP) is 7.65. The van der Waals surface area contributed by atoms with E-state index in [1.165, 1.54) is 95.6 Å². The second-order valence-electron chi connectivity index (χ2n) is 8.75. The lowest BCUT2D eigenvalue weighted by Crippen LogP contribution is -2.07. The second-order valence-corrected chi connectivity index (χ2v) is 8.75. The van der Waals surface area contributed by atoms with Gasteiger partial charge < -0.3 is 9.84 Å². The van der Waals surface area contributed by atoms with Crippen LogP contribution in [0.3, 0.4) is 0 Å². The Bertz CT molecular complexity index is 647. The highest BCUT2D eigenvalue weighted by Crippen LogP contribution is 2.26. The standard InChI is InChI=1S/C26H43NO5/c1-2-3-4-5-6-7-8-9-10-11-12-13-14-15-16-17-26(29)32-21-20-23-18-19-25(28)24(22-23)27(30)31/h18-19,22,28H,2-17,20-21H2,1H3. The molecule has 32 heavy (non-hydrogen) atoms. The Labute approximate surface area is 193 Å². The lowest BCUT2D eigenvalue weighted by molar-refractivity contribution is -0.385. The lowest BCUT2D eigenvalue weighted by atomic mass is 10.0. The van der Waals surface area contributed by atoms with Gasteiger partial charge in [0, 0.05) is 18.9 Å². The van der Waals surface area contributed by atoms with Gasteiger partial charge in [-0.15, -0.1) is 0 Å². The molecule has 0 heterocycles. The molecule has 0 saturated carbocycles. The number of carbonyl (C=O) groups is 1. The first-order valence-electron chi connectivity index (χ1n) is 12.7. The van der Waals surface area contributed by atoms with Crippen LogP contribution >= 0.6 is 0 Å². The molecule has 0 spiro atoms. The molecule has 0 aliphatic rings. The number of hydrogen-bond acceptors (Lipinski definition) is 5. The zero-order valence-corrected chi connectivity index (χ0v) is 20.0. The first kappa shape index (κ1) is 27.9. The molecule has 0 saturated heterocycles. The molecule has 0 aliphatic heterocycles. The summed E-state index contributed by atoms with van der Waals surface area (Å²) in [4.78, 5) is 22.0. The molecule has 0 atom stereocenters. The quantitative estimate of drug-likeness (QED) is 0.0955. The Balaban J connectivity index is 1.91. The molecule has 6 heteroatoms. The van der Waals surface area contributed by atoms with Crippen molar-refractivity contribution in [1.82, 2.24) is 0 Å². The van der Waals surface area contributed by atoms with Crippen LogP contribution in [0.5, 0.6) is 5.75 Å². The van der Waals surface area contributed by atoms with Crippen molar-refractivity contribution in [3.8, 4) is 5.75 Å². The van der Waals surface area contributed by atoms with Gasteiger partial charge in [0.05, 0.1) is 11.5 Å². The average molecular weight is 450 g/mol. The van der Waals surface area contributed by atoms with Crippen molar-refractivity contribution < 1.29 is 19.6 Å². The van der Waals surface area contributed by atoms with Crippen LogP contribution in [-0.4, -0.2) is 22.6 Å². The summed E-state index contributed by atoms with van der Waals surface area (Å²) in [5.74, 6) is -0.572. The number of carbonyl (C=O) groups excluding carboxylic acids is 1. The van der Waals surface area contributed by atoms with Crippen LogP contribution in [0.15, 0.2) is 18.2 Å². The Hall–Kier alpha value is -2.11. The summed E-state index contributed by atoms with van der Waals surface area (Å²) >= 11 is 0. The van der Waals surface area contributed by atoms with E-state index in [1.807, 2.05) is 0 Å². The number of phenolic OH excluding ortho intramolecular Hbond substituents is 1. The molecule has 0 radical (unpaired) electrons. The smallest absolute Gasteiger partial charge is 0.310 e. The van der Waals surface area contributed by atoms with Crippen molar-refractivity contribution in [2.24, 2.45) is 0 Å². The Morgan fingerprint density at radius 1 is 0.875 bits per heavy atom. The van der Waals surface area contributed by atoms with Gasteiger partial charge in [0.15, 0.2) is 5.75 Å². The number of unbranched alkanes of at least 4 members (excludes halogenated alkanes) is 14. The fourth-order valence-corrected chi connectivity index (χ4v) is 3.87. The molecular weight excluding hydrogens is 406 g/mol. The van der Waals surface area contributed by atoms with Crippen LogP contribution in [0.2, 0.25) is 0 Å². The summed E-state index contributed by atoms with van der Waals surface area (Å²) in [7, 11) is 0. The minimum atomic E-state index is -0.624. The molecule has 1 rings (SSSR count). The van der Waals surface area contributed by atoms with Gasteiger partial charge in [-0.3, -0.25) is 14.9 Å². The Morgan fingerprint density at radius 3 is 1.88 bits per heavy atom. The zero-order chi connectivity index (χ0) is 23.4. The maximum atomic E-state index is 11.8. The van der Waals surface area contributed by atoms with Gasteiger partial charge in [-0.25, -0.2) is 0 Å². The van der Waals surface area contributed by atoms with Crippen LogP contribution in [0.1, 0.15) is 115 Å². The van der Waals surface area contributed by atoms with Crippen molar-refractivity contribution >= 4 is 11.7 Å². The predicted molar refractivity (Wildman–Crippen MR) is 129 cm³/mol. The summed E-state index contributed by atoms with van der Waals surface area (Å²) in [5, 5.41) is 20.3. The van der Waals surface area contributed by atoms with Crippen LogP contribution in [-0.2, 0) is 16.0 Å². The van der Waals surface area contributed by atoms with Crippen molar-refractivity contribution in [3.63, 3.8) is 0 Å². The lowest BCUT2D eigenvalue weighted by Gasteiger charge is -2.06. The van der Waals surface area contributed by atoms with E-state index in [2.05, 4.69) is 6.92 Å². The number of hydrogen-bond donors (Lipinski definition) is 1. The number of aromatic hydroxyl groups is 1. The van der Waals surface area contributed by atoms with Gasteiger partial charge >= 0.3 is 11.7 Å². The third kappa shape index (κ3) is 14.0. The summed E-state index contributed by atoms with van der Waals surface area (Å²) in [5.41, 5.74) is 0.334. The van der Waals surface area contributed by atoms with Crippen LogP contribution in [0.4, 0.5) is 5.69 Å². The number of benzene rings is 1. The first-order valence-corrected chi connectivity index (χ1v) is 12.7. The number of ether oxygens (including phenoxy) is 1. The third-order valence-corrected chi connectivity index (χ3v) is 5.87. The van der Waals surface area contributed by atoms with Gasteiger partial charge in [-0.1, -0.05) is 103 Å². The van der Waals surface area contributed by atoms with Gasteiger partial charge in [-0.2, -0.15) is 0 Å². The van der Waals surface area contributed by atoms with Crippen LogP contribution in [0.25, 0.3) is 0 Å². The maximum Gasteiger partial charge on any atom is 0.310 e. The van der Waals surface area contributed by atoms with E-state index in [0.717, 1.165) is 12.8 Å². The van der Waals surface area contributed by atoms with E-state index in [4.69, 9.17) is 4.74 Å². The molecule has 0 aliphatic carbocycles. The highest BCUT2D eigenvalue weighted by molar-refractivity contribution is 5.69. The Morgan fingerprint density at radius 2 is 1.38 bits per heavy atom. The molecular formula is C26H43NO5. The molecule has 182 valence electrons. The van der Waals surface area contributed by atoms with E-state index in [9.17, 15) is 20.0 Å². The van der Waals surface area contributed by atoms with Crippen molar-refractivity contribution in [2.75, 3.05) is 6.61 Å². The van der Waals surface area contributed by atoms with Crippen molar-refractivity contribution in [2.45, 2.75) is 116 Å². The number of nitro groups is 1. The number of esters is 1. The summed E-state index contributed by atoms with van der Waals surface area (Å²) < 4.78 is 5.22. The average Bonchev–Trinajstić information content (AvgIpc) is 2.77. The van der Waals surface area contributed by atoms with Gasteiger partial charge in [-0.05, 0) is 18.1 Å². The van der Waals surface area contributed by atoms with E-state index in [-0.39, 0.29) is 24.0 Å². The van der Waals surface area contributed by atoms with Crippen molar-refractivity contribution in [1.29, 1.82) is 0 Å². The molecule has 1 N–H and O–H groups in total. The molecule has 1 aromatic carbocycles. The van der Waals surface area contributed by atoms with Crippen LogP contribution < -0.4 is 0 Å². The van der Waals surface area contributed by atoms with Gasteiger partial charge in [0.1, 0.15) is 0 Å². The van der Waals surface area contributed by atoms with Crippen LogP contribution in [0, 0.1) is 10.1 Å². The van der Waals surface area contributed by atoms with Crippen molar-refractivity contribution in [3.05, 3.63) is 33.9 Å². The largest absolute Gasteiger partial charge is 0.502 e. The Kier molecular flexibility index (Phi) is 16.1. The number of nitrogens with zero attached hydrogens (tertiary/aromatic N) is 1. The molecule has 6 nitrogen and oxygen atoms in total. The van der Waals surface area contributed by atoms with E-state index in [1.54, 1.807) is 6.07 Å². The second kappa shape index (κ2) is 18.5. The zero-order valence-electron chi connectivity index (χ0n) is 20.0. The number of nitro benzene ring substituents is 1. The highest BCUT2D eigenvalue weighted by Gasteiger charge is 2.13. The molecule has 0 unspecified atom stereocenters. The monoisotopic (exact) mass is 449 g/mol. The normalized spacial score (nSPS) is 10.9. The molecule has 0 bridgehead atoms.